The van der Waals surface area contributed by atoms with Crippen LogP contribution in [0, 0.1) is 39.9 Å². The minimum Gasteiger partial charge on any atom is -0.472 e. The van der Waals surface area contributed by atoms with Crippen LogP contribution >= 0.6 is 0 Å². The summed E-state index contributed by atoms with van der Waals surface area (Å²) in [6, 6.07) is 1.84. The van der Waals surface area contributed by atoms with Crippen LogP contribution in [0.5, 0.6) is 0 Å². The summed E-state index contributed by atoms with van der Waals surface area (Å²) in [6.07, 6.45) is 5.80. The second kappa shape index (κ2) is 8.18. The number of methoxy groups -OCH3 is 1. The maximum atomic E-state index is 13.0. The van der Waals surface area contributed by atoms with E-state index < -0.39 is 46.1 Å². The fourth-order valence-corrected chi connectivity index (χ4v) is 9.11. The number of rotatable bonds is 4. The van der Waals surface area contributed by atoms with E-state index in [1.54, 1.807) is 12.5 Å². The number of allylic oxidation sites excluding steroid dienone is 1. The second-order valence-corrected chi connectivity index (χ2v) is 12.6. The molecule has 6 aliphatic rings. The Morgan fingerprint density at radius 3 is 2.61 bits per heavy atom. The summed E-state index contributed by atoms with van der Waals surface area (Å²) in [7, 11) is 1.35. The number of aliphatic hydroxyl groups is 1. The number of esters is 3. The summed E-state index contributed by atoms with van der Waals surface area (Å²) in [5.41, 5.74) is -0.129. The predicted molar refractivity (Wildman–Crippen MR) is 131 cm³/mol. The molecule has 38 heavy (non-hydrogen) atoms. The van der Waals surface area contributed by atoms with Gasteiger partial charge in [0.05, 0.1) is 38.6 Å². The number of carbonyl (C=O) groups excluding carboxylic acids is 3. The molecule has 5 fully saturated rings. The first-order valence-corrected chi connectivity index (χ1v) is 13.4. The predicted octanol–water partition coefficient (Wildman–Crippen LogP) is 3.71. The molecule has 1 aromatic heterocycles. The fraction of sp³-hybridized carbons (Fsp3) is 0.690. The molecule has 0 spiro atoms. The van der Waals surface area contributed by atoms with E-state index in [-0.39, 0.29) is 49.1 Å². The molecule has 0 amide bonds. The van der Waals surface area contributed by atoms with Crippen molar-refractivity contribution in [2.24, 2.45) is 39.9 Å². The molecule has 3 aliphatic carbocycles. The van der Waals surface area contributed by atoms with Crippen LogP contribution in [0.3, 0.4) is 0 Å². The Labute approximate surface area is 221 Å². The van der Waals surface area contributed by atoms with Crippen molar-refractivity contribution in [2.45, 2.75) is 71.4 Å². The number of carbonyl (C=O) groups is 3. The van der Waals surface area contributed by atoms with Crippen LogP contribution in [0.15, 0.2) is 34.7 Å². The number of ether oxygens (including phenoxy) is 4. The number of cyclic esters (lactones) is 1. The van der Waals surface area contributed by atoms with E-state index in [4.69, 9.17) is 23.4 Å². The summed E-state index contributed by atoms with van der Waals surface area (Å²) < 4.78 is 28.5. The molecule has 1 unspecified atom stereocenters. The topological polar surface area (TPSA) is 122 Å². The third-order valence-electron chi connectivity index (χ3n) is 10.9. The molecular formula is C29H36O9. The molecule has 1 N–H and O–H groups in total. The van der Waals surface area contributed by atoms with Crippen molar-refractivity contribution >= 4 is 17.9 Å². The molecule has 4 bridgehead atoms. The zero-order valence-electron chi connectivity index (χ0n) is 22.5. The van der Waals surface area contributed by atoms with E-state index in [0.29, 0.717) is 6.42 Å². The van der Waals surface area contributed by atoms with E-state index in [1.165, 1.54) is 14.0 Å². The van der Waals surface area contributed by atoms with E-state index >= 15 is 0 Å². The van der Waals surface area contributed by atoms with Gasteiger partial charge in [-0.1, -0.05) is 32.4 Å². The molecular weight excluding hydrogens is 492 g/mol. The zero-order valence-corrected chi connectivity index (χ0v) is 22.5. The Bertz CT molecular complexity index is 1200. The average Bonchev–Trinajstić information content (AvgIpc) is 3.39. The van der Waals surface area contributed by atoms with Gasteiger partial charge in [-0.3, -0.25) is 14.4 Å². The summed E-state index contributed by atoms with van der Waals surface area (Å²) >= 11 is 0. The van der Waals surface area contributed by atoms with Crippen LogP contribution < -0.4 is 0 Å². The van der Waals surface area contributed by atoms with Gasteiger partial charge in [-0.15, -0.1) is 0 Å². The van der Waals surface area contributed by atoms with Gasteiger partial charge in [-0.2, -0.15) is 0 Å². The first-order chi connectivity index (χ1) is 17.9. The lowest BCUT2D eigenvalue weighted by Gasteiger charge is -2.73. The highest BCUT2D eigenvalue weighted by Crippen LogP contribution is 2.74. The smallest absolute Gasteiger partial charge is 0.307 e. The van der Waals surface area contributed by atoms with Crippen LogP contribution in [-0.4, -0.2) is 48.6 Å². The summed E-state index contributed by atoms with van der Waals surface area (Å²) in [4.78, 5) is 38.0. The van der Waals surface area contributed by atoms with E-state index in [2.05, 4.69) is 6.92 Å². The lowest BCUT2D eigenvalue weighted by molar-refractivity contribution is -0.428. The summed E-state index contributed by atoms with van der Waals surface area (Å²) in [5, 5.41) is 12.3. The second-order valence-electron chi connectivity index (χ2n) is 12.6. The van der Waals surface area contributed by atoms with Gasteiger partial charge in [-0.05, 0) is 36.7 Å². The molecule has 9 heteroatoms. The zero-order chi connectivity index (χ0) is 27.3. The highest BCUT2D eigenvalue weighted by atomic mass is 16.6. The van der Waals surface area contributed by atoms with Gasteiger partial charge in [0.1, 0.15) is 12.2 Å². The maximum Gasteiger partial charge on any atom is 0.307 e. The van der Waals surface area contributed by atoms with Gasteiger partial charge >= 0.3 is 17.9 Å². The summed E-state index contributed by atoms with van der Waals surface area (Å²) in [5.74, 6) is -4.12. The van der Waals surface area contributed by atoms with Gasteiger partial charge in [-0.25, -0.2) is 0 Å². The first kappa shape index (κ1) is 25.6. The maximum absolute atomic E-state index is 13.0. The number of hydrogen-bond acceptors (Lipinski definition) is 9. The molecule has 3 aliphatic heterocycles. The van der Waals surface area contributed by atoms with Crippen molar-refractivity contribution in [1.29, 1.82) is 0 Å². The SMILES string of the molecule is COC(=O)C[C@H]1[C@@]2(C)CO[C@]3(O)C(C=C4[C@@H]5CC(=O)O[C@@H](c6ccoc6)[C@]5(C)CC[C@@H]4[C@]13C)[C@H]2OC(C)=O. The Hall–Kier alpha value is -2.65. The van der Waals surface area contributed by atoms with Gasteiger partial charge < -0.3 is 28.5 Å². The van der Waals surface area contributed by atoms with Crippen molar-refractivity contribution in [1.82, 2.24) is 0 Å². The Morgan fingerprint density at radius 1 is 1.18 bits per heavy atom. The highest BCUT2D eigenvalue weighted by molar-refractivity contribution is 5.73. The van der Waals surface area contributed by atoms with E-state index in [0.717, 1.165) is 17.6 Å². The van der Waals surface area contributed by atoms with Gasteiger partial charge in [0.2, 0.25) is 0 Å². The van der Waals surface area contributed by atoms with Crippen LogP contribution in [-0.2, 0) is 33.3 Å². The minimum absolute atomic E-state index is 0.0606. The Kier molecular flexibility index (Phi) is 5.51. The fourth-order valence-electron chi connectivity index (χ4n) is 9.11. The lowest BCUT2D eigenvalue weighted by Crippen LogP contribution is -2.80. The molecule has 206 valence electrons. The highest BCUT2D eigenvalue weighted by Gasteiger charge is 2.78. The molecule has 10 atom stereocenters. The van der Waals surface area contributed by atoms with Crippen LogP contribution in [0.1, 0.15) is 65.0 Å². The Balaban J connectivity index is 1.52. The standard InChI is InChI=1S/C29H36O9/c1-15(30)37-25-20-10-17-18(28(4)21(12-22(31)34-5)27(25,3)14-36-29(20,28)33)6-8-26(2)19(17)11-23(32)38-24(26)16-7-9-35-13-16/h7,9-10,13,18-21,24-25,33H,6,8,11-12,14H2,1-5H3/t18-,19-,20?,21-,24-,25+,26+,27+,28+,29+/m0/s1. The van der Waals surface area contributed by atoms with Crippen LogP contribution in [0.4, 0.5) is 0 Å². The van der Waals surface area contributed by atoms with Crippen molar-refractivity contribution in [3.63, 3.8) is 0 Å². The molecule has 7 rings (SSSR count). The number of hydrogen-bond donors (Lipinski definition) is 1. The molecule has 0 radical (unpaired) electrons. The van der Waals surface area contributed by atoms with Crippen LogP contribution in [0.2, 0.25) is 0 Å². The minimum atomic E-state index is -1.65. The van der Waals surface area contributed by atoms with Crippen molar-refractivity contribution in [3.05, 3.63) is 35.8 Å². The number of furan rings is 1. The van der Waals surface area contributed by atoms with Gasteiger partial charge in [0.15, 0.2) is 5.79 Å². The number of fused-ring (bicyclic) bond motifs is 4. The van der Waals surface area contributed by atoms with Crippen molar-refractivity contribution < 1.29 is 42.9 Å². The summed E-state index contributed by atoms with van der Waals surface area (Å²) in [6.45, 7) is 7.65. The Morgan fingerprint density at radius 2 is 1.95 bits per heavy atom. The lowest BCUT2D eigenvalue weighted by atomic mass is 9.37. The third kappa shape index (κ3) is 3.09. The largest absolute Gasteiger partial charge is 0.472 e. The quantitative estimate of drug-likeness (QED) is 0.354. The van der Waals surface area contributed by atoms with Gasteiger partial charge in [0.25, 0.3) is 0 Å². The molecule has 4 heterocycles. The molecule has 9 nitrogen and oxygen atoms in total. The van der Waals surface area contributed by atoms with E-state index in [1.807, 2.05) is 26.0 Å². The monoisotopic (exact) mass is 528 g/mol. The normalized spacial score (nSPS) is 46.8. The van der Waals surface area contributed by atoms with E-state index in [9.17, 15) is 19.5 Å². The van der Waals surface area contributed by atoms with Crippen molar-refractivity contribution in [3.8, 4) is 0 Å². The molecule has 2 saturated carbocycles. The molecule has 1 aromatic rings. The van der Waals surface area contributed by atoms with Gasteiger partial charge in [0, 0.05) is 35.2 Å². The third-order valence-corrected chi connectivity index (χ3v) is 10.9. The van der Waals surface area contributed by atoms with Crippen molar-refractivity contribution in [2.75, 3.05) is 13.7 Å². The molecule has 3 saturated heterocycles. The average molecular weight is 529 g/mol. The first-order valence-electron chi connectivity index (χ1n) is 13.4. The molecule has 0 aromatic carbocycles. The van der Waals surface area contributed by atoms with Crippen LogP contribution in [0.25, 0.3) is 0 Å².